The second-order valence-electron chi connectivity index (χ2n) is 1.92. The molecule has 2 rings (SSSR count). The van der Waals surface area contributed by atoms with Crippen LogP contribution in [0.4, 0.5) is 0 Å². The van der Waals surface area contributed by atoms with Gasteiger partial charge in [-0.2, -0.15) is 36.4 Å². The van der Waals surface area contributed by atoms with E-state index < -0.39 is 0 Å². The summed E-state index contributed by atoms with van der Waals surface area (Å²) in [6.45, 7) is 0. The standard InChI is InChI=1S/2C5H5.Ca/c2*1-2-4-5-3-1;/h2*1-5H;/q2*-1;+2. The van der Waals surface area contributed by atoms with Crippen molar-refractivity contribution in [2.24, 2.45) is 0 Å². The fourth-order valence-corrected chi connectivity index (χ4v) is 0.642. The van der Waals surface area contributed by atoms with E-state index in [9.17, 15) is 0 Å². The molecule has 0 saturated heterocycles. The van der Waals surface area contributed by atoms with Gasteiger partial charge in [0.15, 0.2) is 0 Å². The first kappa shape index (κ1) is 11.0. The van der Waals surface area contributed by atoms with Crippen molar-refractivity contribution in [3.05, 3.63) is 60.7 Å². The van der Waals surface area contributed by atoms with Crippen LogP contribution in [-0.4, -0.2) is 37.7 Å². The molecule has 0 bridgehead atoms. The largest absolute Gasteiger partial charge is 2.00 e. The average molecular weight is 170 g/mol. The van der Waals surface area contributed by atoms with Crippen molar-refractivity contribution in [1.29, 1.82) is 0 Å². The Morgan fingerprint density at radius 2 is 0.818 bits per heavy atom. The van der Waals surface area contributed by atoms with Gasteiger partial charge in [-0.15, -0.1) is 0 Å². The van der Waals surface area contributed by atoms with E-state index in [0.717, 1.165) is 0 Å². The van der Waals surface area contributed by atoms with E-state index >= 15 is 0 Å². The second-order valence-corrected chi connectivity index (χ2v) is 1.92. The van der Waals surface area contributed by atoms with E-state index in [1.807, 2.05) is 60.7 Å². The van der Waals surface area contributed by atoms with E-state index in [2.05, 4.69) is 0 Å². The van der Waals surface area contributed by atoms with E-state index in [0.29, 0.717) is 0 Å². The Hall–Kier alpha value is -0.0403. The third-order valence-corrected chi connectivity index (χ3v) is 1.11. The Bertz CT molecular complexity index is 144. The number of hydrogen-bond acceptors (Lipinski definition) is 0. The van der Waals surface area contributed by atoms with Gasteiger partial charge in [0, 0.05) is 0 Å². The van der Waals surface area contributed by atoms with Gasteiger partial charge in [0.25, 0.3) is 0 Å². The van der Waals surface area contributed by atoms with Crippen LogP contribution in [-0.2, 0) is 0 Å². The Morgan fingerprint density at radius 1 is 0.545 bits per heavy atom. The van der Waals surface area contributed by atoms with Crippen LogP contribution in [0.25, 0.3) is 0 Å². The monoisotopic (exact) mass is 170 g/mol. The number of hydrogen-bond donors (Lipinski definition) is 0. The second kappa shape index (κ2) is 8.06. The minimum atomic E-state index is 0. The van der Waals surface area contributed by atoms with Crippen molar-refractivity contribution in [3.63, 3.8) is 0 Å². The average Bonchev–Trinajstić information content (AvgIpc) is 2.67. The smallest absolute Gasteiger partial charge is 0.214 e. The summed E-state index contributed by atoms with van der Waals surface area (Å²) in [6.07, 6.45) is 0. The number of rotatable bonds is 0. The molecule has 0 unspecified atom stereocenters. The molecule has 0 radical (unpaired) electrons. The maximum Gasteiger partial charge on any atom is 2.00 e. The maximum atomic E-state index is 2.00. The van der Waals surface area contributed by atoms with Crippen LogP contribution in [0, 0.1) is 0 Å². The van der Waals surface area contributed by atoms with Crippen LogP contribution in [0.3, 0.4) is 0 Å². The molecule has 2 aromatic carbocycles. The van der Waals surface area contributed by atoms with Crippen LogP contribution in [0.2, 0.25) is 0 Å². The molecule has 0 spiro atoms. The molecule has 0 atom stereocenters. The summed E-state index contributed by atoms with van der Waals surface area (Å²) in [5, 5.41) is 0. The zero-order valence-corrected chi connectivity index (χ0v) is 8.69. The Balaban J connectivity index is 0.000000167. The molecule has 2 aromatic rings. The summed E-state index contributed by atoms with van der Waals surface area (Å²) in [5.41, 5.74) is 0. The molecule has 0 nitrogen and oxygen atoms in total. The molecule has 0 saturated carbocycles. The van der Waals surface area contributed by atoms with Gasteiger partial charge in [-0.3, -0.25) is 0 Å². The fraction of sp³-hybridized carbons (Fsp3) is 0. The molecule has 0 aliphatic heterocycles. The van der Waals surface area contributed by atoms with Crippen molar-refractivity contribution in [2.45, 2.75) is 0 Å². The van der Waals surface area contributed by atoms with Crippen molar-refractivity contribution < 1.29 is 0 Å². The Morgan fingerprint density at radius 3 is 0.909 bits per heavy atom. The molecule has 0 heterocycles. The molecule has 0 aliphatic carbocycles. The molecule has 1 heteroatoms. The zero-order valence-electron chi connectivity index (χ0n) is 6.48. The molecule has 0 fully saturated rings. The van der Waals surface area contributed by atoms with E-state index in [1.165, 1.54) is 0 Å². The van der Waals surface area contributed by atoms with Gasteiger partial charge in [0.2, 0.25) is 0 Å². The summed E-state index contributed by atoms with van der Waals surface area (Å²) >= 11 is 0. The molecule has 0 N–H and O–H groups in total. The van der Waals surface area contributed by atoms with E-state index in [-0.39, 0.29) is 37.7 Å². The van der Waals surface area contributed by atoms with Crippen LogP contribution >= 0.6 is 0 Å². The first-order valence-electron chi connectivity index (χ1n) is 3.33. The van der Waals surface area contributed by atoms with Gasteiger partial charge in [-0.25, -0.2) is 24.3 Å². The molecule has 0 aliphatic rings. The van der Waals surface area contributed by atoms with Crippen molar-refractivity contribution in [2.75, 3.05) is 0 Å². The summed E-state index contributed by atoms with van der Waals surface area (Å²) in [7, 11) is 0. The molecule has 11 heavy (non-hydrogen) atoms. The third-order valence-electron chi connectivity index (χ3n) is 1.11. The van der Waals surface area contributed by atoms with Gasteiger partial charge < -0.3 is 0 Å². The SMILES string of the molecule is [Ca+2].c1cc[cH-]c1.c1cc[cH-]c1. The van der Waals surface area contributed by atoms with Crippen LogP contribution < -0.4 is 0 Å². The normalized spacial score (nSPS) is 7.27. The Kier molecular flexibility index (Phi) is 8.03. The predicted molar refractivity (Wildman–Crippen MR) is 49.8 cm³/mol. The quantitative estimate of drug-likeness (QED) is 0.421. The summed E-state index contributed by atoms with van der Waals surface area (Å²) in [5.74, 6) is 0. The van der Waals surface area contributed by atoms with E-state index in [4.69, 9.17) is 0 Å². The minimum absolute atomic E-state index is 0. The minimum Gasteiger partial charge on any atom is -0.214 e. The fourth-order valence-electron chi connectivity index (χ4n) is 0.642. The van der Waals surface area contributed by atoms with Gasteiger partial charge in [0.05, 0.1) is 0 Å². The third kappa shape index (κ3) is 6.36. The zero-order chi connectivity index (χ0) is 7.07. The molecule has 0 aromatic heterocycles. The van der Waals surface area contributed by atoms with E-state index in [1.54, 1.807) is 0 Å². The summed E-state index contributed by atoms with van der Waals surface area (Å²) < 4.78 is 0. The first-order chi connectivity index (χ1) is 5.00. The van der Waals surface area contributed by atoms with Crippen LogP contribution in [0.5, 0.6) is 0 Å². The molecule has 52 valence electrons. The van der Waals surface area contributed by atoms with Gasteiger partial charge in [-0.1, -0.05) is 0 Å². The Labute approximate surface area is 97.6 Å². The van der Waals surface area contributed by atoms with Crippen LogP contribution in [0.1, 0.15) is 0 Å². The molecular weight excluding hydrogens is 160 g/mol. The molecule has 0 amide bonds. The first-order valence-corrected chi connectivity index (χ1v) is 3.33. The summed E-state index contributed by atoms with van der Waals surface area (Å²) in [6, 6.07) is 20.0. The maximum absolute atomic E-state index is 2.00. The topological polar surface area (TPSA) is 0 Å². The van der Waals surface area contributed by atoms with Gasteiger partial charge in [-0.05, 0) is 0 Å². The predicted octanol–water partition coefficient (Wildman–Crippen LogP) is 2.43. The van der Waals surface area contributed by atoms with Gasteiger partial charge >= 0.3 is 37.7 Å². The summed E-state index contributed by atoms with van der Waals surface area (Å²) in [4.78, 5) is 0. The van der Waals surface area contributed by atoms with Crippen molar-refractivity contribution in [1.82, 2.24) is 0 Å². The van der Waals surface area contributed by atoms with Gasteiger partial charge in [0.1, 0.15) is 0 Å². The van der Waals surface area contributed by atoms with Crippen molar-refractivity contribution >= 4 is 37.7 Å². The molecular formula is C10H10Ca. The van der Waals surface area contributed by atoms with Crippen LogP contribution in [0.15, 0.2) is 60.7 Å². The van der Waals surface area contributed by atoms with Crippen molar-refractivity contribution in [3.8, 4) is 0 Å².